The van der Waals surface area contributed by atoms with E-state index in [9.17, 15) is 0 Å². The number of likely N-dealkylation sites (N-methyl/N-ethyl adjacent to an activating group) is 1. The van der Waals surface area contributed by atoms with Crippen molar-refractivity contribution < 1.29 is 0 Å². The second-order valence-corrected chi connectivity index (χ2v) is 5.34. The summed E-state index contributed by atoms with van der Waals surface area (Å²) in [5.74, 6) is 0. The van der Waals surface area contributed by atoms with Crippen molar-refractivity contribution in [2.75, 3.05) is 31.2 Å². The molecule has 0 saturated heterocycles. The first-order chi connectivity index (χ1) is 8.45. The van der Waals surface area contributed by atoms with Crippen molar-refractivity contribution in [1.82, 2.24) is 4.90 Å². The van der Waals surface area contributed by atoms with Crippen LogP contribution in [0.25, 0.3) is 0 Å². The number of nitrogen functional groups attached to an aromatic ring is 1. The van der Waals surface area contributed by atoms with Gasteiger partial charge in [0, 0.05) is 24.8 Å². The number of halogens is 2. The van der Waals surface area contributed by atoms with Gasteiger partial charge in [0.2, 0.25) is 0 Å². The lowest BCUT2D eigenvalue weighted by molar-refractivity contribution is 0.261. The van der Waals surface area contributed by atoms with Crippen molar-refractivity contribution >= 4 is 34.6 Å². The molecule has 0 aliphatic heterocycles. The Morgan fingerprint density at radius 1 is 1.33 bits per heavy atom. The van der Waals surface area contributed by atoms with Crippen molar-refractivity contribution in [3.63, 3.8) is 0 Å². The number of anilines is 2. The lowest BCUT2D eigenvalue weighted by atomic mass is 10.2. The van der Waals surface area contributed by atoms with E-state index in [4.69, 9.17) is 28.9 Å². The van der Waals surface area contributed by atoms with Crippen LogP contribution in [0.1, 0.15) is 20.3 Å². The molecule has 1 rings (SSSR count). The molecule has 1 unspecified atom stereocenters. The van der Waals surface area contributed by atoms with Gasteiger partial charge in [0.15, 0.2) is 0 Å². The number of hydrogen-bond acceptors (Lipinski definition) is 3. The largest absolute Gasteiger partial charge is 0.399 e. The first-order valence-corrected chi connectivity index (χ1v) is 6.90. The van der Waals surface area contributed by atoms with Gasteiger partial charge in [0.25, 0.3) is 0 Å². The molecule has 0 spiro atoms. The SMILES string of the molecule is CCC(C)N(C)CCNc1c(Cl)cc(N)cc1Cl. The van der Waals surface area contributed by atoms with Crippen LogP contribution >= 0.6 is 23.2 Å². The number of nitrogens with two attached hydrogens (primary N) is 1. The standard InChI is InChI=1S/C13H21Cl2N3/c1-4-9(2)18(3)6-5-17-13-11(14)7-10(16)8-12(13)15/h7-9,17H,4-6,16H2,1-3H3. The molecule has 0 aliphatic carbocycles. The summed E-state index contributed by atoms with van der Waals surface area (Å²) in [5.41, 5.74) is 6.99. The molecule has 102 valence electrons. The minimum Gasteiger partial charge on any atom is -0.399 e. The van der Waals surface area contributed by atoms with E-state index in [2.05, 4.69) is 31.1 Å². The predicted molar refractivity (Wildman–Crippen MR) is 81.7 cm³/mol. The summed E-state index contributed by atoms with van der Waals surface area (Å²) >= 11 is 12.2. The van der Waals surface area contributed by atoms with E-state index >= 15 is 0 Å². The average molecular weight is 290 g/mol. The Morgan fingerprint density at radius 3 is 2.39 bits per heavy atom. The van der Waals surface area contributed by atoms with Crippen LogP contribution in [0.15, 0.2) is 12.1 Å². The van der Waals surface area contributed by atoms with E-state index < -0.39 is 0 Å². The van der Waals surface area contributed by atoms with Gasteiger partial charge in [0.05, 0.1) is 15.7 Å². The number of nitrogens with zero attached hydrogens (tertiary/aromatic N) is 1. The lowest BCUT2D eigenvalue weighted by Gasteiger charge is -2.24. The van der Waals surface area contributed by atoms with Crippen LogP contribution < -0.4 is 11.1 Å². The number of benzene rings is 1. The highest BCUT2D eigenvalue weighted by Crippen LogP contribution is 2.32. The van der Waals surface area contributed by atoms with Crippen molar-refractivity contribution in [2.24, 2.45) is 0 Å². The van der Waals surface area contributed by atoms with Gasteiger partial charge in [-0.1, -0.05) is 30.1 Å². The van der Waals surface area contributed by atoms with Crippen LogP contribution in [0.3, 0.4) is 0 Å². The van der Waals surface area contributed by atoms with E-state index in [1.807, 2.05) is 0 Å². The minimum atomic E-state index is 0.561. The maximum Gasteiger partial charge on any atom is 0.0720 e. The summed E-state index contributed by atoms with van der Waals surface area (Å²) in [7, 11) is 2.11. The first-order valence-electron chi connectivity index (χ1n) is 6.14. The number of hydrogen-bond donors (Lipinski definition) is 2. The summed E-state index contributed by atoms with van der Waals surface area (Å²) in [5, 5.41) is 4.38. The van der Waals surface area contributed by atoms with Gasteiger partial charge in [-0.15, -0.1) is 0 Å². The Kier molecular flexibility index (Phi) is 6.06. The van der Waals surface area contributed by atoms with Gasteiger partial charge >= 0.3 is 0 Å². The van der Waals surface area contributed by atoms with Crippen LogP contribution in [0.2, 0.25) is 10.0 Å². The normalized spacial score (nSPS) is 12.8. The zero-order chi connectivity index (χ0) is 13.7. The molecular weight excluding hydrogens is 269 g/mol. The maximum atomic E-state index is 6.10. The molecule has 0 aromatic heterocycles. The van der Waals surface area contributed by atoms with E-state index in [1.54, 1.807) is 12.1 Å². The molecule has 0 radical (unpaired) electrons. The molecule has 0 saturated carbocycles. The minimum absolute atomic E-state index is 0.561. The Balaban J connectivity index is 2.54. The van der Waals surface area contributed by atoms with Gasteiger partial charge < -0.3 is 16.0 Å². The number of rotatable bonds is 6. The van der Waals surface area contributed by atoms with Crippen LogP contribution in [0.4, 0.5) is 11.4 Å². The molecule has 1 aromatic rings. The quantitative estimate of drug-likeness (QED) is 0.785. The van der Waals surface area contributed by atoms with Crippen molar-refractivity contribution in [1.29, 1.82) is 0 Å². The van der Waals surface area contributed by atoms with E-state index in [-0.39, 0.29) is 0 Å². The summed E-state index contributed by atoms with van der Waals surface area (Å²) < 4.78 is 0. The Bertz CT molecular complexity index is 373. The smallest absolute Gasteiger partial charge is 0.0720 e. The fraction of sp³-hybridized carbons (Fsp3) is 0.538. The zero-order valence-electron chi connectivity index (χ0n) is 11.1. The second-order valence-electron chi connectivity index (χ2n) is 4.52. The van der Waals surface area contributed by atoms with E-state index in [1.165, 1.54) is 0 Å². The molecule has 5 heteroatoms. The molecule has 0 amide bonds. The van der Waals surface area contributed by atoms with E-state index in [0.717, 1.165) is 25.2 Å². The van der Waals surface area contributed by atoms with Gasteiger partial charge in [0.1, 0.15) is 0 Å². The highest BCUT2D eigenvalue weighted by atomic mass is 35.5. The van der Waals surface area contributed by atoms with E-state index in [0.29, 0.717) is 21.8 Å². The fourth-order valence-electron chi connectivity index (χ4n) is 1.65. The second kappa shape index (κ2) is 7.07. The van der Waals surface area contributed by atoms with Crippen molar-refractivity contribution in [2.45, 2.75) is 26.3 Å². The summed E-state index contributed by atoms with van der Waals surface area (Å²) in [6.45, 7) is 6.13. The van der Waals surface area contributed by atoms with Gasteiger partial charge in [-0.25, -0.2) is 0 Å². The molecular formula is C13H21Cl2N3. The van der Waals surface area contributed by atoms with Crippen LogP contribution in [0.5, 0.6) is 0 Å². The molecule has 0 aliphatic rings. The topological polar surface area (TPSA) is 41.3 Å². The molecule has 3 N–H and O–H groups in total. The summed E-state index contributed by atoms with van der Waals surface area (Å²) in [6, 6.07) is 3.98. The van der Waals surface area contributed by atoms with Gasteiger partial charge in [-0.3, -0.25) is 0 Å². The van der Waals surface area contributed by atoms with Crippen LogP contribution in [-0.2, 0) is 0 Å². The van der Waals surface area contributed by atoms with Gasteiger partial charge in [-0.05, 0) is 32.5 Å². The Morgan fingerprint density at radius 2 is 1.89 bits per heavy atom. The molecule has 3 nitrogen and oxygen atoms in total. The third-order valence-electron chi connectivity index (χ3n) is 3.17. The van der Waals surface area contributed by atoms with Gasteiger partial charge in [-0.2, -0.15) is 0 Å². The maximum absolute atomic E-state index is 6.10. The van der Waals surface area contributed by atoms with Crippen molar-refractivity contribution in [3.8, 4) is 0 Å². The van der Waals surface area contributed by atoms with Crippen molar-refractivity contribution in [3.05, 3.63) is 22.2 Å². The van der Waals surface area contributed by atoms with Crippen LogP contribution in [0, 0.1) is 0 Å². The average Bonchev–Trinajstić information content (AvgIpc) is 2.31. The molecule has 0 fully saturated rings. The molecule has 0 bridgehead atoms. The predicted octanol–water partition coefficient (Wildman–Crippen LogP) is 3.72. The first kappa shape index (κ1) is 15.4. The monoisotopic (exact) mass is 289 g/mol. The third-order valence-corrected chi connectivity index (χ3v) is 3.77. The lowest BCUT2D eigenvalue weighted by Crippen LogP contribution is -2.32. The Labute approximate surface area is 119 Å². The summed E-state index contributed by atoms with van der Waals surface area (Å²) in [4.78, 5) is 2.30. The molecule has 18 heavy (non-hydrogen) atoms. The summed E-state index contributed by atoms with van der Waals surface area (Å²) in [6.07, 6.45) is 1.14. The third kappa shape index (κ3) is 4.23. The van der Waals surface area contributed by atoms with Crippen LogP contribution in [-0.4, -0.2) is 31.1 Å². The highest BCUT2D eigenvalue weighted by Gasteiger charge is 2.09. The molecule has 1 atom stereocenters. The Hall–Kier alpha value is -0.640. The number of nitrogens with one attached hydrogen (secondary N) is 1. The molecule has 1 aromatic carbocycles. The molecule has 0 heterocycles. The zero-order valence-corrected chi connectivity index (χ0v) is 12.6. The fourth-order valence-corrected chi connectivity index (χ4v) is 2.29. The highest BCUT2D eigenvalue weighted by molar-refractivity contribution is 6.39.